The van der Waals surface area contributed by atoms with Gasteiger partial charge in [0.2, 0.25) is 0 Å². The summed E-state index contributed by atoms with van der Waals surface area (Å²) in [6.45, 7) is 8.44. The predicted octanol–water partition coefficient (Wildman–Crippen LogP) is 4.33. The third kappa shape index (κ3) is 3.08. The molecule has 1 aromatic rings. The first-order chi connectivity index (χ1) is 12.4. The fourth-order valence-corrected chi connectivity index (χ4v) is 5.34. The van der Waals surface area contributed by atoms with Crippen LogP contribution in [0.25, 0.3) is 0 Å². The molecule has 0 radical (unpaired) electrons. The molecule has 0 aromatic heterocycles. The molecule has 1 heterocycles. The van der Waals surface area contributed by atoms with Gasteiger partial charge in [-0.15, -0.1) is 0 Å². The van der Waals surface area contributed by atoms with Gasteiger partial charge in [-0.05, 0) is 67.5 Å². The molecular formula is C21H31BO4. The average Bonchev–Trinajstić information content (AvgIpc) is 2.97. The molecule has 1 saturated heterocycles. The number of rotatable bonds is 7. The molecule has 0 spiro atoms. The van der Waals surface area contributed by atoms with Gasteiger partial charge in [0.25, 0.3) is 0 Å². The summed E-state index contributed by atoms with van der Waals surface area (Å²) in [6.07, 6.45) is 4.61. The quantitative estimate of drug-likeness (QED) is 0.537. The maximum absolute atomic E-state index is 6.44. The van der Waals surface area contributed by atoms with Crippen molar-refractivity contribution in [1.29, 1.82) is 0 Å². The van der Waals surface area contributed by atoms with Gasteiger partial charge in [-0.2, -0.15) is 0 Å². The van der Waals surface area contributed by atoms with Crippen LogP contribution in [0.5, 0.6) is 5.75 Å². The van der Waals surface area contributed by atoms with E-state index in [1.165, 1.54) is 12.0 Å². The van der Waals surface area contributed by atoms with Crippen molar-refractivity contribution in [3.8, 4) is 5.75 Å². The van der Waals surface area contributed by atoms with Crippen LogP contribution in [0.3, 0.4) is 0 Å². The molecule has 26 heavy (non-hydrogen) atoms. The summed E-state index contributed by atoms with van der Waals surface area (Å²) < 4.78 is 23.7. The fraction of sp³-hybridized carbons (Fsp3) is 0.714. The molecule has 0 amide bonds. The lowest BCUT2D eigenvalue weighted by Crippen LogP contribution is -2.65. The molecular weight excluding hydrogens is 327 g/mol. The average molecular weight is 358 g/mol. The van der Waals surface area contributed by atoms with Gasteiger partial charge in [-0.25, -0.2) is 0 Å². The van der Waals surface area contributed by atoms with E-state index in [0.29, 0.717) is 17.9 Å². The van der Waals surface area contributed by atoms with Crippen molar-refractivity contribution in [2.75, 3.05) is 13.7 Å². The number of methoxy groups -OCH3 is 1. The van der Waals surface area contributed by atoms with Crippen LogP contribution < -0.4 is 4.74 Å². The van der Waals surface area contributed by atoms with Gasteiger partial charge in [0.1, 0.15) is 5.75 Å². The van der Waals surface area contributed by atoms with Crippen molar-refractivity contribution >= 4 is 7.12 Å². The van der Waals surface area contributed by atoms with Crippen LogP contribution in [-0.2, 0) is 20.7 Å². The second kappa shape index (κ2) is 6.85. The molecule has 2 bridgehead atoms. The Morgan fingerprint density at radius 1 is 1.15 bits per heavy atom. The molecule has 1 aliphatic heterocycles. The van der Waals surface area contributed by atoms with Crippen LogP contribution in [0, 0.1) is 17.3 Å². The van der Waals surface area contributed by atoms with E-state index in [1.807, 2.05) is 24.3 Å². The summed E-state index contributed by atoms with van der Waals surface area (Å²) in [5, 5.41) is 0. The van der Waals surface area contributed by atoms with Gasteiger partial charge in [-0.1, -0.05) is 26.0 Å². The molecule has 0 N–H and O–H groups in total. The fourth-order valence-electron chi connectivity index (χ4n) is 5.34. The second-order valence-corrected chi connectivity index (χ2v) is 8.94. The van der Waals surface area contributed by atoms with E-state index < -0.39 is 0 Å². The smallest absolute Gasteiger partial charge is 0.457 e. The standard InChI is InChI=1S/C21H31BO4/c1-20(2)16-12-18(20)21(3)19(13-16)25-22(26-21)10-5-11-24-14-15-6-8-17(23-4)9-7-15/h6-9,16,18-19H,5,10-14H2,1-4H3/t16-,18-,19+,21-/m0/s1. The first kappa shape index (κ1) is 18.3. The molecule has 4 atom stereocenters. The zero-order valence-corrected chi connectivity index (χ0v) is 16.5. The summed E-state index contributed by atoms with van der Waals surface area (Å²) in [4.78, 5) is 0. The molecule has 5 rings (SSSR count). The minimum absolute atomic E-state index is 0.0651. The summed E-state index contributed by atoms with van der Waals surface area (Å²) in [5.41, 5.74) is 1.48. The lowest BCUT2D eigenvalue weighted by atomic mass is 9.43. The number of benzene rings is 1. The monoisotopic (exact) mass is 358 g/mol. The summed E-state index contributed by atoms with van der Waals surface area (Å²) in [7, 11) is 1.62. The molecule has 4 aliphatic rings. The van der Waals surface area contributed by atoms with Crippen LogP contribution >= 0.6 is 0 Å². The molecule has 5 heteroatoms. The Morgan fingerprint density at radius 3 is 2.62 bits per heavy atom. The topological polar surface area (TPSA) is 36.9 Å². The Hall–Kier alpha value is -1.04. The Morgan fingerprint density at radius 2 is 1.92 bits per heavy atom. The second-order valence-electron chi connectivity index (χ2n) is 8.94. The molecule has 142 valence electrons. The molecule has 1 aromatic carbocycles. The highest BCUT2D eigenvalue weighted by Crippen LogP contribution is 2.65. The van der Waals surface area contributed by atoms with Gasteiger partial charge < -0.3 is 18.8 Å². The SMILES string of the molecule is COc1ccc(COCCCB2O[C@@H]3C[C@@H]4C[C@@H](C4(C)C)[C@]3(C)O2)cc1. The van der Waals surface area contributed by atoms with Crippen molar-refractivity contribution in [2.24, 2.45) is 17.3 Å². The van der Waals surface area contributed by atoms with Gasteiger partial charge in [0.15, 0.2) is 0 Å². The number of ether oxygens (including phenoxy) is 2. The van der Waals surface area contributed by atoms with E-state index >= 15 is 0 Å². The van der Waals surface area contributed by atoms with E-state index in [2.05, 4.69) is 20.8 Å². The van der Waals surface area contributed by atoms with E-state index in [9.17, 15) is 0 Å². The van der Waals surface area contributed by atoms with E-state index in [-0.39, 0.29) is 18.8 Å². The maximum atomic E-state index is 6.44. The largest absolute Gasteiger partial charge is 0.497 e. The van der Waals surface area contributed by atoms with Crippen molar-refractivity contribution in [2.45, 2.75) is 64.7 Å². The third-order valence-electron chi connectivity index (χ3n) is 7.16. The van der Waals surface area contributed by atoms with Crippen molar-refractivity contribution in [3.63, 3.8) is 0 Å². The van der Waals surface area contributed by atoms with Crippen LogP contribution in [-0.4, -0.2) is 32.5 Å². The highest BCUT2D eigenvalue weighted by Gasteiger charge is 2.67. The van der Waals surface area contributed by atoms with Gasteiger partial charge in [0, 0.05) is 6.61 Å². The third-order valence-corrected chi connectivity index (χ3v) is 7.16. The van der Waals surface area contributed by atoms with Crippen molar-refractivity contribution in [1.82, 2.24) is 0 Å². The van der Waals surface area contributed by atoms with Crippen LogP contribution in [0.4, 0.5) is 0 Å². The highest BCUT2D eigenvalue weighted by atomic mass is 16.7. The normalized spacial score (nSPS) is 34.3. The number of hydrogen-bond donors (Lipinski definition) is 0. The molecule has 3 aliphatic carbocycles. The summed E-state index contributed by atoms with van der Waals surface area (Å²) in [5.74, 6) is 2.32. The predicted molar refractivity (Wildman–Crippen MR) is 102 cm³/mol. The zero-order valence-electron chi connectivity index (χ0n) is 16.5. The van der Waals surface area contributed by atoms with Crippen LogP contribution in [0.1, 0.15) is 45.6 Å². The minimum atomic E-state index is -0.0904. The van der Waals surface area contributed by atoms with Crippen molar-refractivity contribution < 1.29 is 18.8 Å². The van der Waals surface area contributed by atoms with Crippen LogP contribution in [0.2, 0.25) is 6.32 Å². The van der Waals surface area contributed by atoms with Gasteiger partial charge in [0.05, 0.1) is 25.4 Å². The first-order valence-corrected chi connectivity index (χ1v) is 9.97. The summed E-state index contributed by atoms with van der Waals surface area (Å²) >= 11 is 0. The Kier molecular flexibility index (Phi) is 4.83. The summed E-state index contributed by atoms with van der Waals surface area (Å²) in [6, 6.07) is 8.02. The van der Waals surface area contributed by atoms with E-state index in [0.717, 1.165) is 37.4 Å². The lowest BCUT2D eigenvalue weighted by molar-refractivity contribution is -0.199. The molecule has 0 unspecified atom stereocenters. The zero-order chi connectivity index (χ0) is 18.4. The Bertz CT molecular complexity index is 631. The molecule has 4 fully saturated rings. The van der Waals surface area contributed by atoms with Crippen molar-refractivity contribution in [3.05, 3.63) is 29.8 Å². The molecule has 4 nitrogen and oxygen atoms in total. The minimum Gasteiger partial charge on any atom is -0.497 e. The first-order valence-electron chi connectivity index (χ1n) is 9.97. The van der Waals surface area contributed by atoms with E-state index in [4.69, 9.17) is 18.8 Å². The Balaban J connectivity index is 1.19. The Labute approximate surface area is 157 Å². The van der Waals surface area contributed by atoms with Gasteiger partial charge >= 0.3 is 7.12 Å². The number of hydrogen-bond acceptors (Lipinski definition) is 4. The highest BCUT2D eigenvalue weighted by molar-refractivity contribution is 6.45. The van der Waals surface area contributed by atoms with Crippen LogP contribution in [0.15, 0.2) is 24.3 Å². The van der Waals surface area contributed by atoms with Gasteiger partial charge in [-0.3, -0.25) is 0 Å². The molecule has 3 saturated carbocycles. The maximum Gasteiger partial charge on any atom is 0.457 e. The lowest BCUT2D eigenvalue weighted by Gasteiger charge is -2.64. The van der Waals surface area contributed by atoms with E-state index in [1.54, 1.807) is 7.11 Å².